The van der Waals surface area contributed by atoms with Gasteiger partial charge < -0.3 is 10.4 Å². The molecule has 0 aromatic heterocycles. The summed E-state index contributed by atoms with van der Waals surface area (Å²) in [6.07, 6.45) is 5.27. The van der Waals surface area contributed by atoms with Crippen molar-refractivity contribution in [1.82, 2.24) is 5.32 Å². The lowest BCUT2D eigenvalue weighted by Gasteiger charge is -2.13. The predicted molar refractivity (Wildman–Crippen MR) is 64.0 cm³/mol. The first-order chi connectivity index (χ1) is 7.24. The zero-order chi connectivity index (χ0) is 11.1. The van der Waals surface area contributed by atoms with Crippen LogP contribution in [-0.2, 0) is 0 Å². The van der Waals surface area contributed by atoms with Gasteiger partial charge in [0.2, 0.25) is 0 Å². The van der Waals surface area contributed by atoms with Crippen molar-refractivity contribution in [2.45, 2.75) is 26.3 Å². The van der Waals surface area contributed by atoms with Crippen molar-refractivity contribution in [3.05, 3.63) is 42.0 Å². The van der Waals surface area contributed by atoms with Gasteiger partial charge in [0.15, 0.2) is 0 Å². The molecular weight excluding hydrogens is 186 g/mol. The number of hydrogen-bond acceptors (Lipinski definition) is 2. The Kier molecular flexibility index (Phi) is 4.91. The fourth-order valence-electron chi connectivity index (χ4n) is 1.43. The number of benzene rings is 1. The summed E-state index contributed by atoms with van der Waals surface area (Å²) < 4.78 is 0. The van der Waals surface area contributed by atoms with E-state index in [1.807, 2.05) is 19.1 Å². The fourth-order valence-corrected chi connectivity index (χ4v) is 1.43. The molecule has 1 unspecified atom stereocenters. The third kappa shape index (κ3) is 4.17. The van der Waals surface area contributed by atoms with Gasteiger partial charge in [-0.15, -0.1) is 0 Å². The van der Waals surface area contributed by atoms with Crippen LogP contribution in [0.1, 0.15) is 31.9 Å². The van der Waals surface area contributed by atoms with Gasteiger partial charge in [-0.05, 0) is 44.5 Å². The summed E-state index contributed by atoms with van der Waals surface area (Å²) in [5, 5.41) is 12.6. The van der Waals surface area contributed by atoms with Crippen LogP contribution in [0.4, 0.5) is 0 Å². The van der Waals surface area contributed by atoms with Crippen LogP contribution in [-0.4, -0.2) is 11.7 Å². The lowest BCUT2D eigenvalue weighted by Crippen LogP contribution is -2.19. The highest BCUT2D eigenvalue weighted by Crippen LogP contribution is 2.15. The maximum absolute atomic E-state index is 9.15. The Hall–Kier alpha value is -1.28. The molecule has 15 heavy (non-hydrogen) atoms. The summed E-state index contributed by atoms with van der Waals surface area (Å²) in [4.78, 5) is 0. The van der Waals surface area contributed by atoms with Crippen molar-refractivity contribution in [3.63, 3.8) is 0 Å². The second-order valence-corrected chi connectivity index (χ2v) is 3.63. The molecule has 0 aliphatic carbocycles. The number of rotatable bonds is 5. The van der Waals surface area contributed by atoms with Crippen LogP contribution in [0.2, 0.25) is 0 Å². The highest BCUT2D eigenvalue weighted by molar-refractivity contribution is 5.27. The molecule has 0 bridgehead atoms. The number of allylic oxidation sites excluding steroid dienone is 1. The van der Waals surface area contributed by atoms with Gasteiger partial charge in [-0.1, -0.05) is 24.3 Å². The molecule has 1 aromatic carbocycles. The molecule has 0 aliphatic heterocycles. The van der Waals surface area contributed by atoms with E-state index in [1.165, 1.54) is 5.56 Å². The van der Waals surface area contributed by atoms with Crippen LogP contribution in [0.15, 0.2) is 36.4 Å². The molecule has 82 valence electrons. The minimum absolute atomic E-state index is 0.319. The fraction of sp³-hybridized carbons (Fsp3) is 0.385. The highest BCUT2D eigenvalue weighted by atomic mass is 16.3. The Morgan fingerprint density at radius 3 is 2.60 bits per heavy atom. The maximum atomic E-state index is 9.15. The van der Waals surface area contributed by atoms with Gasteiger partial charge in [-0.3, -0.25) is 0 Å². The second-order valence-electron chi connectivity index (χ2n) is 3.63. The number of phenolic OH excluding ortho intramolecular Hbond substituents is 1. The summed E-state index contributed by atoms with van der Waals surface area (Å²) in [5.74, 6) is 0.319. The number of hydrogen-bond donors (Lipinski definition) is 2. The van der Waals surface area contributed by atoms with Gasteiger partial charge in [-0.2, -0.15) is 0 Å². The van der Waals surface area contributed by atoms with E-state index in [0.29, 0.717) is 11.8 Å². The topological polar surface area (TPSA) is 32.3 Å². The van der Waals surface area contributed by atoms with Crippen LogP contribution in [0, 0.1) is 0 Å². The first-order valence-corrected chi connectivity index (χ1v) is 5.37. The van der Waals surface area contributed by atoms with E-state index in [2.05, 4.69) is 24.4 Å². The molecule has 1 aromatic rings. The highest BCUT2D eigenvalue weighted by Gasteiger charge is 2.02. The minimum Gasteiger partial charge on any atom is -0.508 e. The maximum Gasteiger partial charge on any atom is 0.115 e. The number of aromatic hydroxyl groups is 1. The lowest BCUT2D eigenvalue weighted by atomic mass is 10.1. The van der Waals surface area contributed by atoms with Gasteiger partial charge in [-0.25, -0.2) is 0 Å². The molecule has 1 atom stereocenters. The van der Waals surface area contributed by atoms with Crippen LogP contribution >= 0.6 is 0 Å². The summed E-state index contributed by atoms with van der Waals surface area (Å²) in [6.45, 7) is 5.14. The normalized spacial score (nSPS) is 13.2. The van der Waals surface area contributed by atoms with Crippen LogP contribution in [0.3, 0.4) is 0 Å². The SMILES string of the molecule is C/C=C/CCNC(C)c1ccc(O)cc1. The largest absolute Gasteiger partial charge is 0.508 e. The Labute approximate surface area is 91.6 Å². The summed E-state index contributed by atoms with van der Waals surface area (Å²) in [5.41, 5.74) is 1.20. The Morgan fingerprint density at radius 2 is 2.00 bits per heavy atom. The van der Waals surface area contributed by atoms with Crippen molar-refractivity contribution >= 4 is 0 Å². The summed E-state index contributed by atoms with van der Waals surface area (Å²) in [6, 6.07) is 7.67. The average molecular weight is 205 g/mol. The molecule has 0 saturated carbocycles. The third-order valence-corrected chi connectivity index (χ3v) is 2.39. The van der Waals surface area contributed by atoms with Gasteiger partial charge >= 0.3 is 0 Å². The molecule has 2 heteroatoms. The van der Waals surface area contributed by atoms with E-state index < -0.39 is 0 Å². The number of nitrogens with one attached hydrogen (secondary N) is 1. The standard InChI is InChI=1S/C13H19NO/c1-3-4-5-10-14-11(2)12-6-8-13(15)9-7-12/h3-4,6-9,11,14-15H,5,10H2,1-2H3/b4-3+. The van der Waals surface area contributed by atoms with Gasteiger partial charge in [0.25, 0.3) is 0 Å². The van der Waals surface area contributed by atoms with Crippen LogP contribution in [0.25, 0.3) is 0 Å². The van der Waals surface area contributed by atoms with Gasteiger partial charge in [0.1, 0.15) is 5.75 Å². The van der Waals surface area contributed by atoms with E-state index in [1.54, 1.807) is 12.1 Å². The quantitative estimate of drug-likeness (QED) is 0.572. The molecule has 1 rings (SSSR count). The van der Waals surface area contributed by atoms with E-state index in [-0.39, 0.29) is 0 Å². The molecule has 2 N–H and O–H groups in total. The zero-order valence-corrected chi connectivity index (χ0v) is 9.40. The van der Waals surface area contributed by atoms with E-state index in [4.69, 9.17) is 5.11 Å². The Morgan fingerprint density at radius 1 is 1.33 bits per heavy atom. The molecule has 0 radical (unpaired) electrons. The average Bonchev–Trinajstić information content (AvgIpc) is 2.25. The summed E-state index contributed by atoms with van der Waals surface area (Å²) >= 11 is 0. The predicted octanol–water partition coefficient (Wildman–Crippen LogP) is 3.01. The van der Waals surface area contributed by atoms with E-state index in [9.17, 15) is 0 Å². The first kappa shape index (κ1) is 11.8. The van der Waals surface area contributed by atoms with Crippen molar-refractivity contribution in [3.8, 4) is 5.75 Å². The Balaban J connectivity index is 2.39. The van der Waals surface area contributed by atoms with Crippen molar-refractivity contribution < 1.29 is 5.11 Å². The molecule has 0 saturated heterocycles. The molecule has 0 aliphatic rings. The van der Waals surface area contributed by atoms with E-state index >= 15 is 0 Å². The van der Waals surface area contributed by atoms with E-state index in [0.717, 1.165) is 13.0 Å². The number of phenols is 1. The third-order valence-electron chi connectivity index (χ3n) is 2.39. The molecule has 0 fully saturated rings. The lowest BCUT2D eigenvalue weighted by molar-refractivity contribution is 0.474. The van der Waals surface area contributed by atoms with Gasteiger partial charge in [0, 0.05) is 6.04 Å². The van der Waals surface area contributed by atoms with Crippen LogP contribution < -0.4 is 5.32 Å². The second kappa shape index (κ2) is 6.25. The first-order valence-electron chi connectivity index (χ1n) is 5.37. The summed E-state index contributed by atoms with van der Waals surface area (Å²) in [7, 11) is 0. The zero-order valence-electron chi connectivity index (χ0n) is 9.40. The van der Waals surface area contributed by atoms with Crippen molar-refractivity contribution in [2.24, 2.45) is 0 Å². The van der Waals surface area contributed by atoms with Crippen molar-refractivity contribution in [1.29, 1.82) is 0 Å². The smallest absolute Gasteiger partial charge is 0.115 e. The molecule has 2 nitrogen and oxygen atoms in total. The van der Waals surface area contributed by atoms with Crippen molar-refractivity contribution in [2.75, 3.05) is 6.54 Å². The minimum atomic E-state index is 0.319. The van der Waals surface area contributed by atoms with Crippen LogP contribution in [0.5, 0.6) is 5.75 Å². The van der Waals surface area contributed by atoms with Gasteiger partial charge in [0.05, 0.1) is 0 Å². The molecular formula is C13H19NO. The Bertz CT molecular complexity index is 303. The molecule has 0 heterocycles. The molecule has 0 amide bonds. The molecule has 0 spiro atoms. The monoisotopic (exact) mass is 205 g/mol.